The zero-order valence-corrected chi connectivity index (χ0v) is 16.9. The number of aromatic nitrogens is 2. The van der Waals surface area contributed by atoms with E-state index in [2.05, 4.69) is 20.8 Å². The van der Waals surface area contributed by atoms with E-state index in [-0.39, 0.29) is 28.0 Å². The van der Waals surface area contributed by atoms with Crippen LogP contribution >= 0.6 is 0 Å². The van der Waals surface area contributed by atoms with Crippen LogP contribution in [-0.2, 0) is 12.0 Å². The normalized spacial score (nSPS) is 24.1. The summed E-state index contributed by atoms with van der Waals surface area (Å²) in [5.74, 6) is -1.22. The molecular formula is C24H24F2N2O. The summed E-state index contributed by atoms with van der Waals surface area (Å²) in [6, 6.07) is 13.3. The molecule has 1 fully saturated rings. The summed E-state index contributed by atoms with van der Waals surface area (Å²) >= 11 is 0. The van der Waals surface area contributed by atoms with Crippen LogP contribution in [0.3, 0.4) is 0 Å². The van der Waals surface area contributed by atoms with E-state index in [1.54, 1.807) is 0 Å². The topological polar surface area (TPSA) is 26.9 Å². The fourth-order valence-corrected chi connectivity index (χ4v) is 5.69. The first-order chi connectivity index (χ1) is 13.8. The van der Waals surface area contributed by atoms with Crippen LogP contribution in [-0.4, -0.2) is 9.36 Å². The molecule has 2 bridgehead atoms. The van der Waals surface area contributed by atoms with Crippen LogP contribution in [0.5, 0.6) is 0 Å². The monoisotopic (exact) mass is 394 g/mol. The molecule has 0 radical (unpaired) electrons. The molecule has 1 heterocycles. The first kappa shape index (κ1) is 18.3. The summed E-state index contributed by atoms with van der Waals surface area (Å²) in [6.45, 7) is 7.16. The van der Waals surface area contributed by atoms with E-state index >= 15 is 0 Å². The molecule has 150 valence electrons. The average Bonchev–Trinajstić information content (AvgIpc) is 3.15. The predicted octanol–water partition coefficient (Wildman–Crippen LogP) is 5.14. The lowest BCUT2D eigenvalue weighted by molar-refractivity contribution is 0.216. The van der Waals surface area contributed by atoms with E-state index in [4.69, 9.17) is 0 Å². The van der Waals surface area contributed by atoms with E-state index < -0.39 is 11.6 Å². The van der Waals surface area contributed by atoms with Crippen molar-refractivity contribution in [3.63, 3.8) is 0 Å². The fraction of sp³-hybridized carbons (Fsp3) is 0.375. The number of fused-ring (bicyclic) bond motifs is 5. The average molecular weight is 394 g/mol. The van der Waals surface area contributed by atoms with Crippen LogP contribution in [0.1, 0.15) is 56.4 Å². The molecular weight excluding hydrogens is 370 g/mol. The summed E-state index contributed by atoms with van der Waals surface area (Å²) in [4.78, 5) is 13.6. The third kappa shape index (κ3) is 2.30. The van der Waals surface area contributed by atoms with E-state index in [0.717, 1.165) is 35.7 Å². The lowest BCUT2D eigenvalue weighted by atomic mass is 9.70. The Balaban J connectivity index is 1.82. The maximum atomic E-state index is 14.7. The van der Waals surface area contributed by atoms with Crippen molar-refractivity contribution in [1.82, 2.24) is 9.36 Å². The van der Waals surface area contributed by atoms with Gasteiger partial charge in [0.05, 0.1) is 12.2 Å². The van der Waals surface area contributed by atoms with Gasteiger partial charge in [-0.1, -0.05) is 51.1 Å². The molecule has 0 N–H and O–H groups in total. The summed E-state index contributed by atoms with van der Waals surface area (Å²) in [5, 5.41) is 0. The molecule has 0 saturated heterocycles. The molecule has 1 aromatic heterocycles. The Labute approximate surface area is 168 Å². The molecule has 3 nitrogen and oxygen atoms in total. The highest BCUT2D eigenvalue weighted by molar-refractivity contribution is 5.48. The maximum absolute atomic E-state index is 14.7. The van der Waals surface area contributed by atoms with Crippen LogP contribution in [0.2, 0.25) is 0 Å². The second-order valence-electron chi connectivity index (χ2n) is 9.16. The van der Waals surface area contributed by atoms with Crippen molar-refractivity contribution in [2.75, 3.05) is 0 Å². The van der Waals surface area contributed by atoms with Crippen molar-refractivity contribution in [1.29, 1.82) is 0 Å². The molecule has 0 unspecified atom stereocenters. The molecule has 5 rings (SSSR count). The van der Waals surface area contributed by atoms with Crippen molar-refractivity contribution in [2.45, 2.75) is 51.5 Å². The molecule has 3 aromatic rings. The molecule has 2 aliphatic carbocycles. The zero-order chi connectivity index (χ0) is 20.6. The zero-order valence-electron chi connectivity index (χ0n) is 16.9. The Morgan fingerprint density at radius 3 is 2.48 bits per heavy atom. The van der Waals surface area contributed by atoms with Crippen LogP contribution in [0.15, 0.2) is 53.3 Å². The minimum Gasteiger partial charge on any atom is -0.277 e. The van der Waals surface area contributed by atoms with Crippen LogP contribution in [0.4, 0.5) is 8.78 Å². The summed E-state index contributed by atoms with van der Waals surface area (Å²) < 4.78 is 31.6. The standard InChI is InChI=1S/C24H24F2N2O/c1-23(2)17-11-12-24(23,3)21-20(17)22(29)28(19-10-9-16(25)13-18(19)26)27(21)14-15-7-5-4-6-8-15/h4-10,13,17H,11-12,14H2,1-3H3/t17-,24+/m1/s1. The molecule has 2 atom stereocenters. The SMILES string of the molecule is CC1(C)[C@@H]2CC[C@@]1(C)c1c2c(=O)n(-c2ccc(F)cc2F)n1Cc1ccccc1. The molecule has 5 heteroatoms. The van der Waals surface area contributed by atoms with Gasteiger partial charge >= 0.3 is 0 Å². The van der Waals surface area contributed by atoms with Gasteiger partial charge in [-0.3, -0.25) is 9.48 Å². The van der Waals surface area contributed by atoms with Crippen molar-refractivity contribution in [2.24, 2.45) is 5.41 Å². The molecule has 29 heavy (non-hydrogen) atoms. The van der Waals surface area contributed by atoms with Crippen molar-refractivity contribution >= 4 is 0 Å². The molecule has 0 amide bonds. The van der Waals surface area contributed by atoms with Crippen LogP contribution in [0.25, 0.3) is 5.69 Å². The van der Waals surface area contributed by atoms with Gasteiger partial charge in [-0.15, -0.1) is 0 Å². The number of rotatable bonds is 3. The maximum Gasteiger partial charge on any atom is 0.275 e. The first-order valence-electron chi connectivity index (χ1n) is 10.1. The van der Waals surface area contributed by atoms with Gasteiger partial charge in [0.15, 0.2) is 5.82 Å². The smallest absolute Gasteiger partial charge is 0.275 e. The second kappa shape index (κ2) is 5.91. The van der Waals surface area contributed by atoms with Crippen molar-refractivity contribution in [3.8, 4) is 5.69 Å². The quantitative estimate of drug-likeness (QED) is 0.604. The molecule has 0 aliphatic heterocycles. The Hall–Kier alpha value is -2.69. The Morgan fingerprint density at radius 2 is 1.79 bits per heavy atom. The molecule has 0 spiro atoms. The van der Waals surface area contributed by atoms with Gasteiger partial charge in [0.25, 0.3) is 5.56 Å². The Morgan fingerprint density at radius 1 is 1.07 bits per heavy atom. The van der Waals surface area contributed by atoms with E-state index in [1.807, 2.05) is 35.0 Å². The number of hydrogen-bond acceptors (Lipinski definition) is 1. The summed E-state index contributed by atoms with van der Waals surface area (Å²) in [5.41, 5.74) is 2.58. The summed E-state index contributed by atoms with van der Waals surface area (Å²) in [7, 11) is 0. The highest BCUT2D eigenvalue weighted by atomic mass is 19.1. The van der Waals surface area contributed by atoms with Gasteiger partial charge in [-0.25, -0.2) is 13.5 Å². The van der Waals surface area contributed by atoms with Gasteiger partial charge in [-0.2, -0.15) is 0 Å². The van der Waals surface area contributed by atoms with E-state index in [1.165, 1.54) is 16.8 Å². The Bertz CT molecular complexity index is 1180. The van der Waals surface area contributed by atoms with Crippen molar-refractivity contribution in [3.05, 3.63) is 87.3 Å². The largest absolute Gasteiger partial charge is 0.277 e. The van der Waals surface area contributed by atoms with Crippen LogP contribution < -0.4 is 5.56 Å². The molecule has 1 saturated carbocycles. The minimum atomic E-state index is -0.727. The fourth-order valence-electron chi connectivity index (χ4n) is 5.69. The number of nitrogens with zero attached hydrogens (tertiary/aromatic N) is 2. The third-order valence-corrected chi connectivity index (χ3v) is 7.59. The van der Waals surface area contributed by atoms with Gasteiger partial charge < -0.3 is 0 Å². The molecule has 2 aromatic carbocycles. The van der Waals surface area contributed by atoms with Crippen molar-refractivity contribution < 1.29 is 8.78 Å². The van der Waals surface area contributed by atoms with Crippen LogP contribution in [0, 0.1) is 17.0 Å². The van der Waals surface area contributed by atoms with Gasteiger partial charge in [0, 0.05) is 17.0 Å². The van der Waals surface area contributed by atoms with Gasteiger partial charge in [-0.05, 0) is 41.9 Å². The van der Waals surface area contributed by atoms with E-state index in [9.17, 15) is 13.6 Å². The summed E-state index contributed by atoms with van der Waals surface area (Å²) in [6.07, 6.45) is 1.97. The van der Waals surface area contributed by atoms with Gasteiger partial charge in [0.2, 0.25) is 0 Å². The first-order valence-corrected chi connectivity index (χ1v) is 10.1. The predicted molar refractivity (Wildman–Crippen MR) is 109 cm³/mol. The highest BCUT2D eigenvalue weighted by Crippen LogP contribution is 2.67. The third-order valence-electron chi connectivity index (χ3n) is 7.59. The van der Waals surface area contributed by atoms with E-state index in [0.29, 0.717) is 6.54 Å². The lowest BCUT2D eigenvalue weighted by Gasteiger charge is -2.36. The lowest BCUT2D eigenvalue weighted by Crippen LogP contribution is -2.36. The number of hydrogen-bond donors (Lipinski definition) is 0. The minimum absolute atomic E-state index is 0.0320. The number of halogens is 2. The second-order valence-corrected chi connectivity index (χ2v) is 9.16. The Kier molecular flexibility index (Phi) is 3.74. The molecule has 2 aliphatic rings. The number of benzene rings is 2. The van der Waals surface area contributed by atoms with Gasteiger partial charge in [0.1, 0.15) is 11.5 Å². The highest BCUT2D eigenvalue weighted by Gasteiger charge is 2.62.